The number of carboxylic acid groups (broad SMARTS) is 1. The number of nitrogens with one attached hydrogen (secondary N) is 1. The van der Waals surface area contributed by atoms with Crippen molar-refractivity contribution in [2.45, 2.75) is 30.9 Å². The fourth-order valence-corrected chi connectivity index (χ4v) is 2.90. The van der Waals surface area contributed by atoms with Gasteiger partial charge in [0, 0.05) is 5.69 Å². The third kappa shape index (κ3) is 3.71. The number of halogens is 3. The van der Waals surface area contributed by atoms with Crippen LogP contribution in [0.5, 0.6) is 0 Å². The monoisotopic (exact) mass is 363 g/mol. The van der Waals surface area contributed by atoms with E-state index >= 15 is 0 Å². The lowest BCUT2D eigenvalue weighted by atomic mass is 9.93. The van der Waals surface area contributed by atoms with E-state index in [2.05, 4.69) is 5.32 Å². The van der Waals surface area contributed by atoms with E-state index < -0.39 is 23.1 Å². The first-order valence-electron chi connectivity index (χ1n) is 8.01. The van der Waals surface area contributed by atoms with Crippen LogP contribution in [0.15, 0.2) is 48.5 Å². The highest BCUT2D eigenvalue weighted by Crippen LogP contribution is 2.49. The van der Waals surface area contributed by atoms with Crippen molar-refractivity contribution in [3.8, 4) is 0 Å². The molecule has 136 valence electrons. The third-order valence-electron chi connectivity index (χ3n) is 4.49. The number of alkyl halides is 3. The Hall–Kier alpha value is -2.83. The number of hydrogen-bond donors (Lipinski definition) is 2. The van der Waals surface area contributed by atoms with Crippen molar-refractivity contribution in [1.29, 1.82) is 0 Å². The van der Waals surface area contributed by atoms with Gasteiger partial charge in [-0.3, -0.25) is 9.59 Å². The van der Waals surface area contributed by atoms with E-state index in [-0.39, 0.29) is 12.3 Å². The lowest BCUT2D eigenvalue weighted by Gasteiger charge is -2.17. The molecule has 2 N–H and O–H groups in total. The Labute approximate surface area is 147 Å². The summed E-state index contributed by atoms with van der Waals surface area (Å²) in [4.78, 5) is 23.3. The van der Waals surface area contributed by atoms with E-state index in [4.69, 9.17) is 5.11 Å². The van der Waals surface area contributed by atoms with Crippen molar-refractivity contribution in [3.05, 3.63) is 65.2 Å². The lowest BCUT2D eigenvalue weighted by molar-refractivity contribution is -0.138. The first kappa shape index (κ1) is 18.0. The molecule has 0 aliphatic heterocycles. The van der Waals surface area contributed by atoms with Gasteiger partial charge in [-0.25, -0.2) is 0 Å². The molecule has 0 saturated heterocycles. The van der Waals surface area contributed by atoms with Crippen molar-refractivity contribution in [2.75, 3.05) is 5.32 Å². The zero-order valence-electron chi connectivity index (χ0n) is 13.6. The fourth-order valence-electron chi connectivity index (χ4n) is 2.90. The molecule has 3 rings (SSSR count). The molecule has 0 spiro atoms. The molecule has 2 aromatic rings. The van der Waals surface area contributed by atoms with Crippen LogP contribution in [0, 0.1) is 0 Å². The highest BCUT2D eigenvalue weighted by molar-refractivity contribution is 6.01. The van der Waals surface area contributed by atoms with Gasteiger partial charge in [0.15, 0.2) is 0 Å². The molecule has 1 amide bonds. The van der Waals surface area contributed by atoms with Crippen LogP contribution in [0.4, 0.5) is 18.9 Å². The zero-order chi connectivity index (χ0) is 18.9. The minimum Gasteiger partial charge on any atom is -0.481 e. The van der Waals surface area contributed by atoms with Crippen molar-refractivity contribution >= 4 is 17.6 Å². The summed E-state index contributed by atoms with van der Waals surface area (Å²) in [6.45, 7) is 0. The van der Waals surface area contributed by atoms with E-state index in [1.807, 2.05) is 0 Å². The van der Waals surface area contributed by atoms with Crippen molar-refractivity contribution in [3.63, 3.8) is 0 Å². The van der Waals surface area contributed by atoms with Crippen LogP contribution >= 0.6 is 0 Å². The van der Waals surface area contributed by atoms with Crippen LogP contribution in [0.1, 0.15) is 29.5 Å². The van der Waals surface area contributed by atoms with Gasteiger partial charge >= 0.3 is 12.1 Å². The molecule has 0 atom stereocenters. The largest absolute Gasteiger partial charge is 0.481 e. The average molecular weight is 363 g/mol. The molecule has 4 nitrogen and oxygen atoms in total. The molecule has 1 aliphatic rings. The van der Waals surface area contributed by atoms with Gasteiger partial charge in [-0.15, -0.1) is 0 Å². The molecule has 0 radical (unpaired) electrons. The van der Waals surface area contributed by atoms with Gasteiger partial charge in [-0.1, -0.05) is 30.3 Å². The quantitative estimate of drug-likeness (QED) is 0.844. The van der Waals surface area contributed by atoms with Crippen LogP contribution < -0.4 is 5.32 Å². The topological polar surface area (TPSA) is 66.4 Å². The third-order valence-corrected chi connectivity index (χ3v) is 4.49. The van der Waals surface area contributed by atoms with Gasteiger partial charge in [-0.2, -0.15) is 13.2 Å². The van der Waals surface area contributed by atoms with E-state index in [0.29, 0.717) is 29.7 Å². The number of benzene rings is 2. The summed E-state index contributed by atoms with van der Waals surface area (Å²) in [7, 11) is 0. The van der Waals surface area contributed by atoms with E-state index in [9.17, 15) is 22.8 Å². The van der Waals surface area contributed by atoms with Crippen molar-refractivity contribution < 1.29 is 27.9 Å². The number of amides is 1. The van der Waals surface area contributed by atoms with Crippen LogP contribution in [0.25, 0.3) is 0 Å². The summed E-state index contributed by atoms with van der Waals surface area (Å²) in [5.74, 6) is -1.31. The zero-order valence-corrected chi connectivity index (χ0v) is 13.6. The molecule has 0 bridgehead atoms. The Morgan fingerprint density at radius 3 is 2.27 bits per heavy atom. The Morgan fingerprint density at radius 2 is 1.73 bits per heavy atom. The highest BCUT2D eigenvalue weighted by Gasteiger charge is 2.51. The SMILES string of the molecule is O=C(O)Cc1ccc(NC(=O)C2(c3cccc(C(F)(F)F)c3)CC2)cc1. The molecule has 0 heterocycles. The first-order valence-corrected chi connectivity index (χ1v) is 8.01. The molecule has 26 heavy (non-hydrogen) atoms. The maximum atomic E-state index is 12.9. The predicted octanol–water partition coefficient (Wildman–Crippen LogP) is 4.00. The normalized spacial score (nSPS) is 15.3. The van der Waals surface area contributed by atoms with Gasteiger partial charge in [0.2, 0.25) is 5.91 Å². The number of aliphatic carboxylic acids is 1. The molecule has 2 aromatic carbocycles. The number of carbonyl (C=O) groups excluding carboxylic acids is 1. The van der Waals surface area contributed by atoms with E-state index in [0.717, 1.165) is 12.1 Å². The van der Waals surface area contributed by atoms with Crippen LogP contribution in [-0.2, 0) is 27.6 Å². The summed E-state index contributed by atoms with van der Waals surface area (Å²) in [6.07, 6.45) is -3.61. The van der Waals surface area contributed by atoms with Gasteiger partial charge in [0.05, 0.1) is 17.4 Å². The molecule has 1 aliphatic carbocycles. The van der Waals surface area contributed by atoms with Crippen molar-refractivity contribution in [2.24, 2.45) is 0 Å². The highest BCUT2D eigenvalue weighted by atomic mass is 19.4. The van der Waals surface area contributed by atoms with Gasteiger partial charge < -0.3 is 10.4 Å². The second-order valence-corrected chi connectivity index (χ2v) is 6.38. The Kier molecular flexibility index (Phi) is 4.48. The number of carbonyl (C=O) groups is 2. The molecule has 0 aromatic heterocycles. The second-order valence-electron chi connectivity index (χ2n) is 6.38. The first-order chi connectivity index (χ1) is 12.2. The van der Waals surface area contributed by atoms with Gasteiger partial charge in [0.1, 0.15) is 0 Å². The second kappa shape index (κ2) is 6.48. The number of carboxylic acids is 1. The van der Waals surface area contributed by atoms with Crippen LogP contribution in [-0.4, -0.2) is 17.0 Å². The number of hydrogen-bond acceptors (Lipinski definition) is 2. The summed E-state index contributed by atoms with van der Waals surface area (Å²) >= 11 is 0. The van der Waals surface area contributed by atoms with E-state index in [1.54, 1.807) is 24.3 Å². The molecule has 0 unspecified atom stereocenters. The summed E-state index contributed by atoms with van der Waals surface area (Å²) in [5.41, 5.74) is -0.294. The Bertz CT molecular complexity index is 840. The maximum Gasteiger partial charge on any atom is 0.416 e. The fraction of sp³-hybridized carbons (Fsp3) is 0.263. The Balaban J connectivity index is 1.76. The van der Waals surface area contributed by atoms with Gasteiger partial charge in [-0.05, 0) is 42.2 Å². The summed E-state index contributed by atoms with van der Waals surface area (Å²) < 4.78 is 38.7. The predicted molar refractivity (Wildman–Crippen MR) is 88.8 cm³/mol. The number of rotatable bonds is 5. The molecule has 7 heteroatoms. The standard InChI is InChI=1S/C19H16F3NO3/c20-19(21,22)14-3-1-2-13(11-14)18(8-9-18)17(26)23-15-6-4-12(5-7-15)10-16(24)25/h1-7,11H,8-10H2,(H,23,26)(H,24,25). The molecule has 1 fully saturated rings. The van der Waals surface area contributed by atoms with E-state index in [1.165, 1.54) is 12.1 Å². The van der Waals surface area contributed by atoms with Gasteiger partial charge in [0.25, 0.3) is 0 Å². The van der Waals surface area contributed by atoms with Crippen LogP contribution in [0.3, 0.4) is 0 Å². The van der Waals surface area contributed by atoms with Crippen molar-refractivity contribution in [1.82, 2.24) is 0 Å². The van der Waals surface area contributed by atoms with Crippen LogP contribution in [0.2, 0.25) is 0 Å². The summed E-state index contributed by atoms with van der Waals surface area (Å²) in [5, 5.41) is 11.5. The summed E-state index contributed by atoms with van der Waals surface area (Å²) in [6, 6.07) is 11.2. The molecular weight excluding hydrogens is 347 g/mol. The number of anilines is 1. The molecular formula is C19H16F3NO3. The lowest BCUT2D eigenvalue weighted by Crippen LogP contribution is -2.28. The Morgan fingerprint density at radius 1 is 1.08 bits per heavy atom. The smallest absolute Gasteiger partial charge is 0.416 e. The average Bonchev–Trinajstić information content (AvgIpc) is 3.37. The maximum absolute atomic E-state index is 12.9. The molecule has 1 saturated carbocycles. The minimum absolute atomic E-state index is 0.123. The minimum atomic E-state index is -4.46.